The first kappa shape index (κ1) is 12.6. The average molecular weight is 310 g/mol. The van der Waals surface area contributed by atoms with E-state index < -0.39 is 0 Å². The maximum Gasteiger partial charge on any atom is 0.0490 e. The molecule has 2 unspecified atom stereocenters. The van der Waals surface area contributed by atoms with Gasteiger partial charge in [0, 0.05) is 49.3 Å². The molecule has 2 atom stereocenters. The predicted molar refractivity (Wildman–Crippen MR) is 77.7 cm³/mol. The number of fused-ring (bicyclic) bond motifs is 1. The van der Waals surface area contributed by atoms with E-state index in [-0.39, 0.29) is 0 Å². The number of benzene rings is 1. The SMILES string of the molecule is CN1CC2CNCCN2C(c2ccccc2Br)C1. The molecule has 0 radical (unpaired) electrons. The van der Waals surface area contributed by atoms with Gasteiger partial charge in [-0.1, -0.05) is 34.1 Å². The highest BCUT2D eigenvalue weighted by atomic mass is 79.9. The number of hydrogen-bond acceptors (Lipinski definition) is 3. The summed E-state index contributed by atoms with van der Waals surface area (Å²) in [5, 5.41) is 3.51. The van der Waals surface area contributed by atoms with Crippen LogP contribution in [0.5, 0.6) is 0 Å². The number of likely N-dealkylation sites (N-methyl/N-ethyl adjacent to an activating group) is 1. The summed E-state index contributed by atoms with van der Waals surface area (Å²) in [5.41, 5.74) is 1.43. The van der Waals surface area contributed by atoms with E-state index in [9.17, 15) is 0 Å². The van der Waals surface area contributed by atoms with Crippen molar-refractivity contribution in [1.82, 2.24) is 15.1 Å². The first-order valence-corrected chi connectivity index (χ1v) is 7.44. The van der Waals surface area contributed by atoms with Crippen molar-refractivity contribution in [2.75, 3.05) is 39.8 Å². The molecule has 2 heterocycles. The van der Waals surface area contributed by atoms with E-state index in [1.54, 1.807) is 0 Å². The van der Waals surface area contributed by atoms with Gasteiger partial charge in [-0.25, -0.2) is 0 Å². The number of nitrogens with one attached hydrogen (secondary N) is 1. The van der Waals surface area contributed by atoms with Gasteiger partial charge in [0.15, 0.2) is 0 Å². The highest BCUT2D eigenvalue weighted by Gasteiger charge is 2.35. The molecule has 1 aromatic carbocycles. The Morgan fingerprint density at radius 1 is 1.28 bits per heavy atom. The first-order chi connectivity index (χ1) is 8.75. The van der Waals surface area contributed by atoms with Crippen LogP contribution in [0.25, 0.3) is 0 Å². The van der Waals surface area contributed by atoms with E-state index in [0.717, 1.165) is 26.2 Å². The van der Waals surface area contributed by atoms with Crippen molar-refractivity contribution < 1.29 is 0 Å². The normalized spacial score (nSPS) is 30.1. The smallest absolute Gasteiger partial charge is 0.0490 e. The zero-order chi connectivity index (χ0) is 12.5. The quantitative estimate of drug-likeness (QED) is 0.852. The third kappa shape index (κ3) is 2.35. The van der Waals surface area contributed by atoms with E-state index in [2.05, 4.69) is 62.4 Å². The van der Waals surface area contributed by atoms with Crippen LogP contribution in [0.4, 0.5) is 0 Å². The Kier molecular flexibility index (Phi) is 3.71. The molecule has 18 heavy (non-hydrogen) atoms. The van der Waals surface area contributed by atoms with E-state index in [4.69, 9.17) is 0 Å². The van der Waals surface area contributed by atoms with Crippen LogP contribution in [-0.2, 0) is 0 Å². The Morgan fingerprint density at radius 2 is 2.11 bits per heavy atom. The van der Waals surface area contributed by atoms with Crippen LogP contribution in [0.1, 0.15) is 11.6 Å². The van der Waals surface area contributed by atoms with Crippen molar-refractivity contribution in [3.05, 3.63) is 34.3 Å². The highest BCUT2D eigenvalue weighted by Crippen LogP contribution is 2.32. The largest absolute Gasteiger partial charge is 0.314 e. The maximum atomic E-state index is 3.71. The number of hydrogen-bond donors (Lipinski definition) is 1. The molecular formula is C14H20BrN3. The molecule has 3 rings (SSSR count). The lowest BCUT2D eigenvalue weighted by Crippen LogP contribution is -2.61. The lowest BCUT2D eigenvalue weighted by molar-refractivity contribution is 0.0191. The molecule has 0 aliphatic carbocycles. The maximum absolute atomic E-state index is 3.71. The van der Waals surface area contributed by atoms with E-state index in [1.807, 2.05) is 0 Å². The van der Waals surface area contributed by atoms with Gasteiger partial charge in [0.2, 0.25) is 0 Å². The molecule has 3 nitrogen and oxygen atoms in total. The van der Waals surface area contributed by atoms with Gasteiger partial charge in [0.1, 0.15) is 0 Å². The Morgan fingerprint density at radius 3 is 2.94 bits per heavy atom. The molecule has 2 saturated heterocycles. The van der Waals surface area contributed by atoms with Gasteiger partial charge in [0.05, 0.1) is 0 Å². The third-order valence-corrected chi connectivity index (χ3v) is 4.79. The van der Waals surface area contributed by atoms with Gasteiger partial charge < -0.3 is 10.2 Å². The van der Waals surface area contributed by atoms with E-state index in [0.29, 0.717) is 12.1 Å². The minimum absolute atomic E-state index is 0.520. The highest BCUT2D eigenvalue weighted by molar-refractivity contribution is 9.10. The molecule has 2 fully saturated rings. The van der Waals surface area contributed by atoms with Crippen molar-refractivity contribution in [3.8, 4) is 0 Å². The van der Waals surface area contributed by atoms with Crippen molar-refractivity contribution in [2.24, 2.45) is 0 Å². The fraction of sp³-hybridized carbons (Fsp3) is 0.571. The summed E-state index contributed by atoms with van der Waals surface area (Å²) >= 11 is 3.71. The van der Waals surface area contributed by atoms with Crippen LogP contribution < -0.4 is 5.32 Å². The average Bonchev–Trinajstić information content (AvgIpc) is 2.38. The zero-order valence-electron chi connectivity index (χ0n) is 10.8. The van der Waals surface area contributed by atoms with Gasteiger partial charge in [-0.3, -0.25) is 4.90 Å². The molecule has 0 saturated carbocycles. The van der Waals surface area contributed by atoms with E-state index >= 15 is 0 Å². The molecule has 0 aromatic heterocycles. The van der Waals surface area contributed by atoms with Crippen LogP contribution in [-0.4, -0.2) is 55.6 Å². The summed E-state index contributed by atoms with van der Waals surface area (Å²) in [6.07, 6.45) is 0. The number of rotatable bonds is 1. The van der Waals surface area contributed by atoms with Gasteiger partial charge in [0.25, 0.3) is 0 Å². The first-order valence-electron chi connectivity index (χ1n) is 6.65. The summed E-state index contributed by atoms with van der Waals surface area (Å²) < 4.78 is 1.24. The predicted octanol–water partition coefficient (Wildman–Crippen LogP) is 1.71. The summed E-state index contributed by atoms with van der Waals surface area (Å²) in [4.78, 5) is 5.13. The second-order valence-corrected chi connectivity index (χ2v) is 6.21. The molecule has 2 aliphatic heterocycles. The van der Waals surface area contributed by atoms with Gasteiger partial charge in [-0.05, 0) is 18.7 Å². The molecule has 1 aromatic rings. The van der Waals surface area contributed by atoms with Gasteiger partial charge >= 0.3 is 0 Å². The van der Waals surface area contributed by atoms with Gasteiger partial charge in [-0.15, -0.1) is 0 Å². The number of halogens is 1. The Bertz CT molecular complexity index is 423. The molecular weight excluding hydrogens is 290 g/mol. The lowest BCUT2D eigenvalue weighted by Gasteiger charge is -2.48. The minimum atomic E-state index is 0.520. The number of piperazine rings is 2. The van der Waals surface area contributed by atoms with Crippen molar-refractivity contribution in [2.45, 2.75) is 12.1 Å². The minimum Gasteiger partial charge on any atom is -0.314 e. The third-order valence-electron chi connectivity index (χ3n) is 4.07. The van der Waals surface area contributed by atoms with Crippen LogP contribution in [0, 0.1) is 0 Å². The Hall–Kier alpha value is -0.420. The molecule has 2 aliphatic rings. The lowest BCUT2D eigenvalue weighted by atomic mass is 9.97. The molecule has 0 spiro atoms. The fourth-order valence-corrected chi connectivity index (χ4v) is 3.76. The summed E-state index contributed by atoms with van der Waals surface area (Å²) in [6, 6.07) is 9.82. The molecule has 4 heteroatoms. The summed E-state index contributed by atoms with van der Waals surface area (Å²) in [6.45, 7) is 5.68. The zero-order valence-corrected chi connectivity index (χ0v) is 12.4. The Balaban J connectivity index is 1.91. The van der Waals surface area contributed by atoms with Crippen LogP contribution in [0.2, 0.25) is 0 Å². The molecule has 0 amide bonds. The summed E-state index contributed by atoms with van der Waals surface area (Å²) in [5.74, 6) is 0. The topological polar surface area (TPSA) is 18.5 Å². The summed E-state index contributed by atoms with van der Waals surface area (Å²) in [7, 11) is 2.23. The van der Waals surface area contributed by atoms with Crippen LogP contribution in [0.15, 0.2) is 28.7 Å². The molecule has 0 bridgehead atoms. The van der Waals surface area contributed by atoms with Gasteiger partial charge in [-0.2, -0.15) is 0 Å². The second-order valence-electron chi connectivity index (χ2n) is 5.35. The standard InChI is InChI=1S/C14H20BrN3/c1-17-9-11-8-16-6-7-18(11)14(10-17)12-4-2-3-5-13(12)15/h2-5,11,14,16H,6-10H2,1H3. The van der Waals surface area contributed by atoms with E-state index in [1.165, 1.54) is 16.6 Å². The Labute approximate surface area is 117 Å². The molecule has 98 valence electrons. The van der Waals surface area contributed by atoms with Crippen molar-refractivity contribution in [1.29, 1.82) is 0 Å². The van der Waals surface area contributed by atoms with Crippen LogP contribution in [0.3, 0.4) is 0 Å². The number of nitrogens with zero attached hydrogens (tertiary/aromatic N) is 2. The van der Waals surface area contributed by atoms with Crippen molar-refractivity contribution in [3.63, 3.8) is 0 Å². The fourth-order valence-electron chi connectivity index (χ4n) is 3.21. The van der Waals surface area contributed by atoms with Crippen molar-refractivity contribution >= 4 is 15.9 Å². The van der Waals surface area contributed by atoms with Crippen LogP contribution >= 0.6 is 15.9 Å². The monoisotopic (exact) mass is 309 g/mol. The molecule has 1 N–H and O–H groups in total. The second kappa shape index (κ2) is 5.29.